The highest BCUT2D eigenvalue weighted by atomic mass is 16.5. The maximum Gasteiger partial charge on any atom is 0.254 e. The molecule has 156 valence electrons. The van der Waals surface area contributed by atoms with Crippen LogP contribution in [0.3, 0.4) is 0 Å². The molecule has 2 aliphatic heterocycles. The molecule has 7 nitrogen and oxygen atoms in total. The predicted octanol–water partition coefficient (Wildman–Crippen LogP) is 3.31. The van der Waals surface area contributed by atoms with E-state index in [1.807, 2.05) is 58.0 Å². The number of hydrogen-bond donors (Lipinski definition) is 0. The van der Waals surface area contributed by atoms with E-state index >= 15 is 0 Å². The van der Waals surface area contributed by atoms with E-state index in [1.165, 1.54) is 0 Å². The molecule has 3 aromatic rings. The third kappa shape index (κ3) is 3.89. The number of likely N-dealkylation sites (tertiary alicyclic amines) is 1. The lowest BCUT2D eigenvalue weighted by Crippen LogP contribution is -2.39. The summed E-state index contributed by atoms with van der Waals surface area (Å²) < 4.78 is 13.5. The van der Waals surface area contributed by atoms with Crippen LogP contribution in [0.5, 0.6) is 5.75 Å². The number of nitrogens with zero attached hydrogens (tertiary/aromatic N) is 4. The van der Waals surface area contributed by atoms with Crippen molar-refractivity contribution in [2.75, 3.05) is 26.3 Å². The largest absolute Gasteiger partial charge is 0.491 e. The van der Waals surface area contributed by atoms with Crippen molar-refractivity contribution in [3.63, 3.8) is 0 Å². The van der Waals surface area contributed by atoms with Crippen LogP contribution in [0.2, 0.25) is 0 Å². The fourth-order valence-electron chi connectivity index (χ4n) is 4.38. The molecule has 1 aromatic carbocycles. The molecule has 2 saturated heterocycles. The minimum Gasteiger partial charge on any atom is -0.491 e. The maximum absolute atomic E-state index is 13.2. The normalized spacial score (nSPS) is 21.8. The smallest absolute Gasteiger partial charge is 0.254 e. The number of carbonyl (C=O) groups excluding carboxylic acids is 1. The first-order chi connectivity index (χ1) is 14.8. The van der Waals surface area contributed by atoms with E-state index in [4.69, 9.17) is 9.47 Å². The molecule has 0 unspecified atom stereocenters. The summed E-state index contributed by atoms with van der Waals surface area (Å²) in [6.07, 6.45) is 6.22. The number of carbonyl (C=O) groups is 1. The second kappa shape index (κ2) is 8.44. The molecule has 0 aliphatic carbocycles. The van der Waals surface area contributed by atoms with E-state index < -0.39 is 0 Å². The van der Waals surface area contributed by atoms with Gasteiger partial charge in [-0.2, -0.15) is 0 Å². The summed E-state index contributed by atoms with van der Waals surface area (Å²) in [6, 6.07) is 13.4. The Kier molecular flexibility index (Phi) is 5.36. The molecule has 2 fully saturated rings. The second-order valence-corrected chi connectivity index (χ2v) is 8.05. The molecule has 5 rings (SSSR count). The summed E-state index contributed by atoms with van der Waals surface area (Å²) in [4.78, 5) is 15.1. The number of amides is 1. The van der Waals surface area contributed by atoms with Crippen LogP contribution in [0.4, 0.5) is 0 Å². The lowest BCUT2D eigenvalue weighted by atomic mass is 9.96. The molecule has 0 bridgehead atoms. The first-order valence-electron chi connectivity index (χ1n) is 10.7. The molecule has 4 heterocycles. The van der Waals surface area contributed by atoms with Gasteiger partial charge in [0.25, 0.3) is 5.91 Å². The van der Waals surface area contributed by atoms with Crippen LogP contribution in [0.25, 0.3) is 5.65 Å². The topological polar surface area (TPSA) is 69.0 Å². The highest BCUT2D eigenvalue weighted by Gasteiger charge is 2.28. The van der Waals surface area contributed by atoms with Crippen LogP contribution < -0.4 is 4.74 Å². The van der Waals surface area contributed by atoms with Gasteiger partial charge in [0.2, 0.25) is 0 Å². The van der Waals surface area contributed by atoms with E-state index in [1.54, 1.807) is 0 Å². The van der Waals surface area contributed by atoms with Crippen molar-refractivity contribution in [2.24, 2.45) is 0 Å². The number of aromatic nitrogens is 3. The van der Waals surface area contributed by atoms with Gasteiger partial charge < -0.3 is 14.4 Å². The number of pyridine rings is 1. The van der Waals surface area contributed by atoms with Crippen LogP contribution in [0.15, 0.2) is 48.7 Å². The molecule has 2 aliphatic rings. The summed E-state index contributed by atoms with van der Waals surface area (Å²) >= 11 is 0. The maximum atomic E-state index is 13.2. The fourth-order valence-corrected chi connectivity index (χ4v) is 4.38. The highest BCUT2D eigenvalue weighted by molar-refractivity contribution is 5.94. The standard InChI is InChI=1S/C23H26N4O3/c28-23(17-6-3-8-19(14-17)30-16-20-9-5-13-29-20)26-11-4-7-18(15-26)22-25-24-21-10-1-2-12-27(21)22/h1-3,6,8,10,12,14,18,20H,4-5,7,9,11,13,15-16H2/t18-,20+/m0/s1. The van der Waals surface area contributed by atoms with Gasteiger partial charge in [0.15, 0.2) is 5.65 Å². The van der Waals surface area contributed by atoms with Crippen LogP contribution >= 0.6 is 0 Å². The van der Waals surface area contributed by atoms with Gasteiger partial charge in [-0.25, -0.2) is 0 Å². The lowest BCUT2D eigenvalue weighted by Gasteiger charge is -2.32. The molecule has 2 aromatic heterocycles. The van der Waals surface area contributed by atoms with Crippen molar-refractivity contribution >= 4 is 11.6 Å². The Hall–Kier alpha value is -2.93. The monoisotopic (exact) mass is 406 g/mol. The van der Waals surface area contributed by atoms with Crippen molar-refractivity contribution in [2.45, 2.75) is 37.7 Å². The van der Waals surface area contributed by atoms with Gasteiger partial charge in [0.1, 0.15) is 18.2 Å². The van der Waals surface area contributed by atoms with Crippen molar-refractivity contribution in [3.8, 4) is 5.75 Å². The number of hydrogen-bond acceptors (Lipinski definition) is 5. The Morgan fingerprint density at radius 3 is 3.00 bits per heavy atom. The zero-order valence-electron chi connectivity index (χ0n) is 16.9. The number of rotatable bonds is 5. The Bertz CT molecular complexity index is 1030. The van der Waals surface area contributed by atoms with Gasteiger partial charge in [-0.05, 0) is 56.0 Å². The second-order valence-electron chi connectivity index (χ2n) is 8.05. The van der Waals surface area contributed by atoms with Gasteiger partial charge in [-0.15, -0.1) is 10.2 Å². The van der Waals surface area contributed by atoms with Gasteiger partial charge in [-0.3, -0.25) is 9.20 Å². The Morgan fingerprint density at radius 1 is 1.13 bits per heavy atom. The Labute approximate surface area is 175 Å². The molecule has 0 saturated carbocycles. The zero-order valence-corrected chi connectivity index (χ0v) is 16.9. The third-order valence-corrected chi connectivity index (χ3v) is 5.95. The van der Waals surface area contributed by atoms with Crippen LogP contribution in [-0.2, 0) is 4.74 Å². The first kappa shape index (κ1) is 19.1. The first-order valence-corrected chi connectivity index (χ1v) is 10.7. The number of benzene rings is 1. The van der Waals surface area contributed by atoms with Crippen molar-refractivity contribution in [1.82, 2.24) is 19.5 Å². The summed E-state index contributed by atoms with van der Waals surface area (Å²) in [7, 11) is 0. The molecule has 0 spiro atoms. The van der Waals surface area contributed by atoms with E-state index in [0.717, 1.165) is 50.3 Å². The zero-order chi connectivity index (χ0) is 20.3. The average molecular weight is 406 g/mol. The minimum atomic E-state index is 0.0380. The van der Waals surface area contributed by atoms with E-state index in [0.29, 0.717) is 24.5 Å². The number of fused-ring (bicyclic) bond motifs is 1. The molecule has 30 heavy (non-hydrogen) atoms. The SMILES string of the molecule is O=C(c1cccc(OC[C@H]2CCCO2)c1)N1CCC[C@H](c2nnc3ccccn23)C1. The van der Waals surface area contributed by atoms with Gasteiger partial charge in [0, 0.05) is 37.4 Å². The Morgan fingerprint density at radius 2 is 2.10 bits per heavy atom. The Balaban J connectivity index is 1.28. The molecular weight excluding hydrogens is 380 g/mol. The molecule has 7 heteroatoms. The highest BCUT2D eigenvalue weighted by Crippen LogP contribution is 2.27. The minimum absolute atomic E-state index is 0.0380. The van der Waals surface area contributed by atoms with Crippen molar-refractivity contribution < 1.29 is 14.3 Å². The van der Waals surface area contributed by atoms with Gasteiger partial charge in [-0.1, -0.05) is 12.1 Å². The van der Waals surface area contributed by atoms with Gasteiger partial charge in [0.05, 0.1) is 6.10 Å². The lowest BCUT2D eigenvalue weighted by molar-refractivity contribution is 0.0673. The summed E-state index contributed by atoms with van der Waals surface area (Å²) in [6.45, 7) is 2.75. The third-order valence-electron chi connectivity index (χ3n) is 5.95. The molecule has 1 amide bonds. The number of ether oxygens (including phenoxy) is 2. The average Bonchev–Trinajstić information content (AvgIpc) is 3.47. The van der Waals surface area contributed by atoms with E-state index in [9.17, 15) is 4.79 Å². The van der Waals surface area contributed by atoms with Gasteiger partial charge >= 0.3 is 0 Å². The quantitative estimate of drug-likeness (QED) is 0.650. The molecule has 0 radical (unpaired) electrons. The van der Waals surface area contributed by atoms with Crippen molar-refractivity contribution in [1.29, 1.82) is 0 Å². The summed E-state index contributed by atoms with van der Waals surface area (Å²) in [5.74, 6) is 1.86. The van der Waals surface area contributed by atoms with Crippen LogP contribution in [0, 0.1) is 0 Å². The van der Waals surface area contributed by atoms with Crippen LogP contribution in [0.1, 0.15) is 47.8 Å². The predicted molar refractivity (Wildman–Crippen MR) is 112 cm³/mol. The molecule has 0 N–H and O–H groups in total. The molecule has 2 atom stereocenters. The molecular formula is C23H26N4O3. The van der Waals surface area contributed by atoms with E-state index in [2.05, 4.69) is 10.2 Å². The van der Waals surface area contributed by atoms with Crippen LogP contribution in [-0.4, -0.2) is 57.8 Å². The fraction of sp³-hybridized carbons (Fsp3) is 0.435. The summed E-state index contributed by atoms with van der Waals surface area (Å²) in [5, 5.41) is 8.67. The number of piperidine rings is 1. The summed E-state index contributed by atoms with van der Waals surface area (Å²) in [5.41, 5.74) is 1.50. The van der Waals surface area contributed by atoms with Crippen molar-refractivity contribution in [3.05, 3.63) is 60.0 Å². The van der Waals surface area contributed by atoms with E-state index in [-0.39, 0.29) is 17.9 Å².